The van der Waals surface area contributed by atoms with E-state index in [0.29, 0.717) is 0 Å². The van der Waals surface area contributed by atoms with Gasteiger partial charge in [0.15, 0.2) is 6.10 Å². The topological polar surface area (TPSA) is 46.6 Å². The predicted octanol–water partition coefficient (Wildman–Crippen LogP) is 3.08. The lowest BCUT2D eigenvalue weighted by Gasteiger charge is -2.19. The fraction of sp³-hybridized carbons (Fsp3) is 0.429. The second-order valence-corrected chi connectivity index (χ2v) is 7.08. The maximum absolute atomic E-state index is 12.0. The highest BCUT2D eigenvalue weighted by Gasteiger charge is 2.25. The van der Waals surface area contributed by atoms with E-state index in [4.69, 9.17) is 4.74 Å². The number of hydrogen-bond donors (Lipinski definition) is 0. The summed E-state index contributed by atoms with van der Waals surface area (Å²) < 4.78 is 6.13. The third-order valence-electron chi connectivity index (χ3n) is 3.04. The first-order valence-corrected chi connectivity index (χ1v) is 8.10. The lowest BCUT2D eigenvalue weighted by Crippen LogP contribution is -2.37. The van der Waals surface area contributed by atoms with Gasteiger partial charge in [-0.3, -0.25) is 4.79 Å². The molecule has 1 unspecified atom stereocenters. The van der Waals surface area contributed by atoms with Gasteiger partial charge in [-0.2, -0.15) is 0 Å². The van der Waals surface area contributed by atoms with Gasteiger partial charge in [0.05, 0.1) is 3.79 Å². The van der Waals surface area contributed by atoms with Crippen molar-refractivity contribution in [1.82, 2.24) is 4.90 Å². The number of amides is 1. The van der Waals surface area contributed by atoms with Crippen LogP contribution in [0, 0.1) is 0 Å². The minimum absolute atomic E-state index is 0.108. The van der Waals surface area contributed by atoms with Crippen LogP contribution in [0.2, 0.25) is 0 Å². The van der Waals surface area contributed by atoms with Crippen LogP contribution in [0.4, 0.5) is 0 Å². The van der Waals surface area contributed by atoms with Crippen LogP contribution in [0.3, 0.4) is 0 Å². The molecule has 2 heterocycles. The van der Waals surface area contributed by atoms with E-state index in [1.54, 1.807) is 17.9 Å². The summed E-state index contributed by atoms with van der Waals surface area (Å²) in [6, 6.07) is 3.81. The minimum Gasteiger partial charge on any atom is -0.449 e. The Balaban J connectivity index is 1.84. The Hall–Kier alpha value is -1.14. The molecule has 0 spiro atoms. The Morgan fingerprint density at radius 3 is 2.70 bits per heavy atom. The molecule has 1 aromatic heterocycles. The maximum Gasteiger partial charge on any atom is 0.331 e. The first kappa shape index (κ1) is 15.3. The standard InChI is InChI=1S/C14H16BrNO3S/c1-10(14(18)16-8-2-3-9-16)19-13(17)7-5-11-4-6-12(15)20-11/h4-7,10H,2-3,8-9H2,1H3. The average molecular weight is 358 g/mol. The molecule has 0 aliphatic carbocycles. The number of likely N-dealkylation sites (tertiary alicyclic amines) is 1. The van der Waals surface area contributed by atoms with E-state index in [2.05, 4.69) is 15.9 Å². The molecule has 0 N–H and O–H groups in total. The molecule has 0 aromatic carbocycles. The smallest absolute Gasteiger partial charge is 0.331 e. The van der Waals surface area contributed by atoms with E-state index in [1.165, 1.54) is 17.4 Å². The van der Waals surface area contributed by atoms with Crippen LogP contribution in [-0.2, 0) is 14.3 Å². The minimum atomic E-state index is -0.722. The summed E-state index contributed by atoms with van der Waals surface area (Å²) in [5, 5.41) is 0. The summed E-state index contributed by atoms with van der Waals surface area (Å²) >= 11 is 4.88. The van der Waals surface area contributed by atoms with Crippen molar-refractivity contribution in [3.63, 3.8) is 0 Å². The number of ether oxygens (including phenoxy) is 1. The summed E-state index contributed by atoms with van der Waals surface area (Å²) in [6.07, 6.45) is 4.37. The fourth-order valence-corrected chi connectivity index (χ4v) is 3.35. The van der Waals surface area contributed by atoms with Crippen molar-refractivity contribution in [2.24, 2.45) is 0 Å². The van der Waals surface area contributed by atoms with Crippen molar-refractivity contribution in [3.8, 4) is 0 Å². The fourth-order valence-electron chi connectivity index (χ4n) is 2.03. The largest absolute Gasteiger partial charge is 0.449 e. The van der Waals surface area contributed by atoms with Crippen LogP contribution in [0.1, 0.15) is 24.6 Å². The van der Waals surface area contributed by atoms with Gasteiger partial charge >= 0.3 is 5.97 Å². The van der Waals surface area contributed by atoms with E-state index in [1.807, 2.05) is 12.1 Å². The van der Waals surface area contributed by atoms with E-state index in [9.17, 15) is 9.59 Å². The zero-order valence-corrected chi connectivity index (χ0v) is 13.6. The zero-order chi connectivity index (χ0) is 14.5. The van der Waals surface area contributed by atoms with Crippen molar-refractivity contribution in [1.29, 1.82) is 0 Å². The third kappa shape index (κ3) is 4.18. The molecule has 1 saturated heterocycles. The van der Waals surface area contributed by atoms with E-state index < -0.39 is 12.1 Å². The second-order valence-electron chi connectivity index (χ2n) is 4.59. The average Bonchev–Trinajstić information content (AvgIpc) is 3.06. The summed E-state index contributed by atoms with van der Waals surface area (Å²) in [7, 11) is 0. The number of thiophene rings is 1. The van der Waals surface area contributed by atoms with Crippen LogP contribution >= 0.6 is 27.3 Å². The number of carbonyl (C=O) groups excluding carboxylic acids is 2. The predicted molar refractivity (Wildman–Crippen MR) is 82.4 cm³/mol. The van der Waals surface area contributed by atoms with Gasteiger partial charge in [0, 0.05) is 24.0 Å². The van der Waals surface area contributed by atoms with Gasteiger partial charge in [-0.15, -0.1) is 11.3 Å². The molecule has 0 radical (unpaired) electrons. The van der Waals surface area contributed by atoms with E-state index in [0.717, 1.165) is 34.6 Å². The SMILES string of the molecule is CC(OC(=O)C=Cc1ccc(Br)s1)C(=O)N1CCCC1. The second kappa shape index (κ2) is 7.04. The maximum atomic E-state index is 12.0. The summed E-state index contributed by atoms with van der Waals surface area (Å²) in [4.78, 5) is 26.3. The lowest BCUT2D eigenvalue weighted by molar-refractivity contribution is -0.154. The van der Waals surface area contributed by atoms with Gasteiger partial charge < -0.3 is 9.64 Å². The molecule has 0 saturated carbocycles. The third-order valence-corrected chi connectivity index (χ3v) is 4.63. The van der Waals surface area contributed by atoms with Gasteiger partial charge in [-0.05, 0) is 53.9 Å². The van der Waals surface area contributed by atoms with Gasteiger partial charge in [-0.25, -0.2) is 4.79 Å². The number of rotatable bonds is 4. The van der Waals surface area contributed by atoms with Crippen LogP contribution < -0.4 is 0 Å². The van der Waals surface area contributed by atoms with Crippen molar-refractivity contribution >= 4 is 45.2 Å². The van der Waals surface area contributed by atoms with E-state index in [-0.39, 0.29) is 5.91 Å². The molecular formula is C14H16BrNO3S. The van der Waals surface area contributed by atoms with Crippen LogP contribution in [0.5, 0.6) is 0 Å². The van der Waals surface area contributed by atoms with Crippen molar-refractivity contribution in [2.45, 2.75) is 25.9 Å². The van der Waals surface area contributed by atoms with Gasteiger partial charge in [0.1, 0.15) is 0 Å². The molecule has 1 aliphatic rings. The number of esters is 1. The Kier molecular flexibility index (Phi) is 5.37. The molecule has 1 aromatic rings. The molecule has 108 valence electrons. The van der Waals surface area contributed by atoms with Gasteiger partial charge in [0.2, 0.25) is 0 Å². The summed E-state index contributed by atoms with van der Waals surface area (Å²) in [6.45, 7) is 3.15. The van der Waals surface area contributed by atoms with Crippen LogP contribution in [-0.4, -0.2) is 36.0 Å². The first-order chi connectivity index (χ1) is 9.56. The quantitative estimate of drug-likeness (QED) is 0.614. The van der Waals surface area contributed by atoms with Gasteiger partial charge in [0.25, 0.3) is 5.91 Å². The number of nitrogens with zero attached hydrogens (tertiary/aromatic N) is 1. The first-order valence-electron chi connectivity index (χ1n) is 6.49. The summed E-state index contributed by atoms with van der Waals surface area (Å²) in [5.41, 5.74) is 0. The molecule has 1 atom stereocenters. The lowest BCUT2D eigenvalue weighted by atomic mass is 10.3. The number of hydrogen-bond acceptors (Lipinski definition) is 4. The Bertz CT molecular complexity index is 520. The summed E-state index contributed by atoms with van der Waals surface area (Å²) in [5.74, 6) is -0.599. The van der Waals surface area contributed by atoms with Crippen molar-refractivity contribution in [3.05, 3.63) is 26.9 Å². The van der Waals surface area contributed by atoms with E-state index >= 15 is 0 Å². The molecule has 1 amide bonds. The zero-order valence-electron chi connectivity index (χ0n) is 11.2. The van der Waals surface area contributed by atoms with Crippen LogP contribution in [0.25, 0.3) is 6.08 Å². The molecule has 1 fully saturated rings. The molecule has 1 aliphatic heterocycles. The number of halogens is 1. The van der Waals surface area contributed by atoms with Crippen molar-refractivity contribution in [2.75, 3.05) is 13.1 Å². The highest BCUT2D eigenvalue weighted by Crippen LogP contribution is 2.23. The molecular weight excluding hydrogens is 342 g/mol. The van der Waals surface area contributed by atoms with Crippen molar-refractivity contribution < 1.29 is 14.3 Å². The van der Waals surface area contributed by atoms with Gasteiger partial charge in [-0.1, -0.05) is 0 Å². The molecule has 0 bridgehead atoms. The highest BCUT2D eigenvalue weighted by atomic mass is 79.9. The van der Waals surface area contributed by atoms with Crippen LogP contribution in [0.15, 0.2) is 22.0 Å². The Labute approximate surface area is 130 Å². The monoisotopic (exact) mass is 357 g/mol. The Morgan fingerprint density at radius 2 is 2.10 bits per heavy atom. The number of carbonyl (C=O) groups is 2. The molecule has 2 rings (SSSR count). The molecule has 6 heteroatoms. The normalized spacial score (nSPS) is 16.6. The molecule has 4 nitrogen and oxygen atoms in total. The molecule has 20 heavy (non-hydrogen) atoms. The Morgan fingerprint density at radius 1 is 1.40 bits per heavy atom. The highest BCUT2D eigenvalue weighted by molar-refractivity contribution is 9.11.